The first-order valence-corrected chi connectivity index (χ1v) is 8.68. The zero-order chi connectivity index (χ0) is 18.4. The maximum absolute atomic E-state index is 9.50. The van der Waals surface area contributed by atoms with E-state index < -0.39 is 6.29 Å². The average molecular weight is 370 g/mol. The van der Waals surface area contributed by atoms with Gasteiger partial charge in [-0.25, -0.2) is 0 Å². The van der Waals surface area contributed by atoms with Crippen LogP contribution in [-0.2, 0) is 33.2 Å². The predicted octanol–water partition coefficient (Wildman–Crippen LogP) is -0.567. The minimum atomic E-state index is -0.994. The van der Waals surface area contributed by atoms with E-state index in [1.165, 1.54) is 0 Å². The van der Waals surface area contributed by atoms with Crippen LogP contribution in [0, 0.1) is 0 Å². The minimum Gasteiger partial charge on any atom is -0.394 e. The molecule has 0 bridgehead atoms. The van der Waals surface area contributed by atoms with Gasteiger partial charge in [-0.05, 0) is 6.92 Å². The first-order valence-electron chi connectivity index (χ1n) is 8.68. The molecule has 2 N–H and O–H groups in total. The Bertz CT molecular complexity index is 244. The van der Waals surface area contributed by atoms with Gasteiger partial charge in [0, 0.05) is 6.61 Å². The Kier molecular flexibility index (Phi) is 21.4. The highest BCUT2D eigenvalue weighted by atomic mass is 16.6. The number of aliphatic hydroxyl groups is 2. The van der Waals surface area contributed by atoms with Gasteiger partial charge in [0.15, 0.2) is 6.29 Å². The third-order valence-corrected chi connectivity index (χ3v) is 2.73. The topological polar surface area (TPSA) is 105 Å². The molecule has 0 aromatic rings. The van der Waals surface area contributed by atoms with Gasteiger partial charge in [0.25, 0.3) is 0 Å². The number of hydrogen-bond donors (Lipinski definition) is 2. The fraction of sp³-hybridized carbons (Fsp3) is 1.00. The SMILES string of the molecule is CCOCCOCCOCCOCCOC(O)COCCOCCO. The van der Waals surface area contributed by atoms with E-state index in [4.69, 9.17) is 38.3 Å². The van der Waals surface area contributed by atoms with Crippen LogP contribution in [0.3, 0.4) is 0 Å². The maximum atomic E-state index is 9.50. The van der Waals surface area contributed by atoms with E-state index in [0.29, 0.717) is 66.1 Å². The van der Waals surface area contributed by atoms with E-state index in [2.05, 4.69) is 0 Å². The van der Waals surface area contributed by atoms with Crippen molar-refractivity contribution in [3.8, 4) is 0 Å². The Morgan fingerprint density at radius 1 is 0.600 bits per heavy atom. The van der Waals surface area contributed by atoms with Crippen molar-refractivity contribution in [2.24, 2.45) is 0 Å². The lowest BCUT2D eigenvalue weighted by Gasteiger charge is -2.12. The van der Waals surface area contributed by atoms with Crippen molar-refractivity contribution in [1.82, 2.24) is 0 Å². The Balaban J connectivity index is 3.09. The van der Waals surface area contributed by atoms with E-state index in [0.717, 1.165) is 0 Å². The lowest BCUT2D eigenvalue weighted by Crippen LogP contribution is -2.23. The van der Waals surface area contributed by atoms with E-state index in [1.54, 1.807) is 0 Å². The molecule has 0 heterocycles. The Hall–Kier alpha value is -0.360. The molecule has 0 amide bonds. The highest BCUT2D eigenvalue weighted by molar-refractivity contribution is 4.40. The van der Waals surface area contributed by atoms with Gasteiger partial charge < -0.3 is 43.4 Å². The quantitative estimate of drug-likeness (QED) is 0.203. The summed E-state index contributed by atoms with van der Waals surface area (Å²) in [5, 5.41) is 18.0. The van der Waals surface area contributed by atoms with Crippen molar-refractivity contribution >= 4 is 0 Å². The Morgan fingerprint density at radius 3 is 1.56 bits per heavy atom. The minimum absolute atomic E-state index is 0.0149. The molecule has 0 rings (SSSR count). The van der Waals surface area contributed by atoms with Crippen molar-refractivity contribution in [1.29, 1.82) is 0 Å². The maximum Gasteiger partial charge on any atom is 0.178 e. The second-order valence-corrected chi connectivity index (χ2v) is 4.77. The second kappa shape index (κ2) is 21.7. The van der Waals surface area contributed by atoms with Crippen molar-refractivity contribution in [3.63, 3.8) is 0 Å². The van der Waals surface area contributed by atoms with Gasteiger partial charge in [-0.3, -0.25) is 0 Å². The Labute approximate surface area is 150 Å². The van der Waals surface area contributed by atoms with Crippen molar-refractivity contribution in [3.05, 3.63) is 0 Å². The van der Waals surface area contributed by atoms with Crippen LogP contribution in [0.5, 0.6) is 0 Å². The first kappa shape index (κ1) is 24.6. The summed E-state index contributed by atoms with van der Waals surface area (Å²) in [6, 6.07) is 0. The fourth-order valence-corrected chi connectivity index (χ4v) is 1.56. The fourth-order valence-electron chi connectivity index (χ4n) is 1.56. The van der Waals surface area contributed by atoms with Crippen LogP contribution < -0.4 is 0 Å². The van der Waals surface area contributed by atoms with Gasteiger partial charge in [-0.15, -0.1) is 0 Å². The Morgan fingerprint density at radius 2 is 1.04 bits per heavy atom. The van der Waals surface area contributed by atoms with Crippen LogP contribution in [0.1, 0.15) is 6.92 Å². The van der Waals surface area contributed by atoms with Gasteiger partial charge >= 0.3 is 0 Å². The molecule has 9 heteroatoms. The molecule has 1 atom stereocenters. The number of ether oxygens (including phenoxy) is 7. The molecule has 0 aliphatic heterocycles. The molecule has 0 aliphatic carbocycles. The molecule has 0 aromatic heterocycles. The van der Waals surface area contributed by atoms with Crippen LogP contribution in [0.15, 0.2) is 0 Å². The second-order valence-electron chi connectivity index (χ2n) is 4.77. The number of hydrogen-bond acceptors (Lipinski definition) is 9. The lowest BCUT2D eigenvalue weighted by atomic mass is 10.6. The summed E-state index contributed by atoms with van der Waals surface area (Å²) in [6.45, 7) is 7.49. The number of rotatable bonds is 21. The third kappa shape index (κ3) is 21.6. The molecule has 9 nitrogen and oxygen atoms in total. The summed E-state index contributed by atoms with van der Waals surface area (Å²) in [5.41, 5.74) is 0. The van der Waals surface area contributed by atoms with E-state index in [1.807, 2.05) is 6.92 Å². The highest BCUT2D eigenvalue weighted by Crippen LogP contribution is 1.90. The van der Waals surface area contributed by atoms with Crippen LogP contribution in [-0.4, -0.2) is 109 Å². The molecule has 0 aromatic carbocycles. The van der Waals surface area contributed by atoms with Crippen LogP contribution >= 0.6 is 0 Å². The molecular weight excluding hydrogens is 336 g/mol. The molecular formula is C16H34O9. The molecule has 0 spiro atoms. The summed E-state index contributed by atoms with van der Waals surface area (Å²) >= 11 is 0. The zero-order valence-electron chi connectivity index (χ0n) is 15.2. The van der Waals surface area contributed by atoms with Crippen molar-refractivity contribution in [2.45, 2.75) is 13.2 Å². The van der Waals surface area contributed by atoms with E-state index in [-0.39, 0.29) is 26.4 Å². The summed E-state index contributed by atoms with van der Waals surface area (Å²) in [5.74, 6) is 0. The van der Waals surface area contributed by atoms with E-state index in [9.17, 15) is 5.11 Å². The highest BCUT2D eigenvalue weighted by Gasteiger charge is 2.03. The van der Waals surface area contributed by atoms with Gasteiger partial charge in [0.2, 0.25) is 0 Å². The lowest BCUT2D eigenvalue weighted by molar-refractivity contribution is -0.149. The molecule has 152 valence electrons. The van der Waals surface area contributed by atoms with Gasteiger partial charge in [0.05, 0.1) is 85.9 Å². The molecule has 25 heavy (non-hydrogen) atoms. The van der Waals surface area contributed by atoms with Crippen molar-refractivity contribution in [2.75, 3.05) is 92.5 Å². The molecule has 0 radical (unpaired) electrons. The molecule has 0 saturated heterocycles. The summed E-state index contributed by atoms with van der Waals surface area (Å²) in [4.78, 5) is 0. The van der Waals surface area contributed by atoms with Crippen LogP contribution in [0.4, 0.5) is 0 Å². The smallest absolute Gasteiger partial charge is 0.178 e. The van der Waals surface area contributed by atoms with Crippen molar-refractivity contribution < 1.29 is 43.4 Å². The standard InChI is InChI=1S/C16H34O9/c1-2-19-5-6-21-7-8-22-9-10-23-13-14-25-16(18)15-24-12-11-20-4-3-17/h16-18H,2-15H2,1H3. The van der Waals surface area contributed by atoms with Gasteiger partial charge in [-0.1, -0.05) is 0 Å². The molecule has 0 saturated carbocycles. The first-order chi connectivity index (χ1) is 12.3. The van der Waals surface area contributed by atoms with Gasteiger partial charge in [0.1, 0.15) is 0 Å². The monoisotopic (exact) mass is 370 g/mol. The number of aliphatic hydroxyl groups excluding tert-OH is 2. The summed E-state index contributed by atoms with van der Waals surface area (Å²) in [6.07, 6.45) is -0.994. The largest absolute Gasteiger partial charge is 0.394 e. The van der Waals surface area contributed by atoms with E-state index >= 15 is 0 Å². The van der Waals surface area contributed by atoms with Crippen LogP contribution in [0.2, 0.25) is 0 Å². The zero-order valence-corrected chi connectivity index (χ0v) is 15.2. The van der Waals surface area contributed by atoms with Crippen LogP contribution in [0.25, 0.3) is 0 Å². The molecule has 1 unspecified atom stereocenters. The average Bonchev–Trinajstić information content (AvgIpc) is 2.62. The summed E-state index contributed by atoms with van der Waals surface area (Å²) < 4.78 is 36.3. The molecule has 0 aliphatic rings. The summed E-state index contributed by atoms with van der Waals surface area (Å²) in [7, 11) is 0. The normalized spacial score (nSPS) is 12.6. The third-order valence-electron chi connectivity index (χ3n) is 2.73. The predicted molar refractivity (Wildman–Crippen MR) is 89.6 cm³/mol. The molecule has 0 fully saturated rings. The van der Waals surface area contributed by atoms with Gasteiger partial charge in [-0.2, -0.15) is 0 Å².